The summed E-state index contributed by atoms with van der Waals surface area (Å²) in [6.45, 7) is 2.57. The van der Waals surface area contributed by atoms with Crippen LogP contribution in [0, 0.1) is 6.92 Å². The third-order valence-electron chi connectivity index (χ3n) is 4.54. The Bertz CT molecular complexity index is 1200. The lowest BCUT2D eigenvalue weighted by molar-refractivity contribution is 0.601. The van der Waals surface area contributed by atoms with Gasteiger partial charge in [0, 0.05) is 11.3 Å². The van der Waals surface area contributed by atoms with Crippen molar-refractivity contribution in [3.8, 4) is 11.4 Å². The Balaban J connectivity index is 1.53. The molecular weight excluding hydrogens is 384 g/mol. The van der Waals surface area contributed by atoms with Crippen molar-refractivity contribution in [2.75, 3.05) is 4.72 Å². The monoisotopic (exact) mass is 404 g/mol. The lowest BCUT2D eigenvalue weighted by atomic mass is 10.2. The standard InChI is InChI=1S/C22H20N4O2S/c1-17-7-13-21(14-8-17)29(27,28)25-20-11-9-19(10-12-20)22-24-23-16-26(22)15-18-5-3-2-4-6-18/h2-14,16,25H,15H2,1H3. The first-order chi connectivity index (χ1) is 14.0. The van der Waals surface area contributed by atoms with E-state index in [1.807, 2.05) is 54.0 Å². The Morgan fingerprint density at radius 2 is 1.59 bits per heavy atom. The minimum Gasteiger partial charge on any atom is -0.309 e. The zero-order valence-corrected chi connectivity index (χ0v) is 16.7. The first-order valence-electron chi connectivity index (χ1n) is 9.13. The third kappa shape index (κ3) is 4.35. The molecule has 0 aliphatic heterocycles. The molecule has 0 saturated carbocycles. The summed E-state index contributed by atoms with van der Waals surface area (Å²) in [5.41, 5.74) is 3.50. The van der Waals surface area contributed by atoms with Crippen molar-refractivity contribution in [2.24, 2.45) is 0 Å². The first-order valence-corrected chi connectivity index (χ1v) is 10.6. The molecule has 0 unspecified atom stereocenters. The van der Waals surface area contributed by atoms with Crippen LogP contribution in [-0.4, -0.2) is 23.2 Å². The molecule has 1 N–H and O–H groups in total. The van der Waals surface area contributed by atoms with Crippen molar-refractivity contribution in [3.63, 3.8) is 0 Å². The molecule has 0 atom stereocenters. The van der Waals surface area contributed by atoms with Gasteiger partial charge in [-0.3, -0.25) is 4.72 Å². The predicted molar refractivity (Wildman–Crippen MR) is 113 cm³/mol. The van der Waals surface area contributed by atoms with Crippen LogP contribution in [0.25, 0.3) is 11.4 Å². The van der Waals surface area contributed by atoms with Crippen molar-refractivity contribution in [3.05, 3.63) is 96.3 Å². The highest BCUT2D eigenvalue weighted by Crippen LogP contribution is 2.22. The van der Waals surface area contributed by atoms with Gasteiger partial charge in [-0.05, 0) is 48.9 Å². The second-order valence-corrected chi connectivity index (χ2v) is 8.45. The number of nitrogens with zero attached hydrogens (tertiary/aromatic N) is 3. The number of nitrogens with one attached hydrogen (secondary N) is 1. The summed E-state index contributed by atoms with van der Waals surface area (Å²) >= 11 is 0. The number of rotatable bonds is 6. The van der Waals surface area contributed by atoms with Crippen molar-refractivity contribution in [2.45, 2.75) is 18.4 Å². The van der Waals surface area contributed by atoms with Gasteiger partial charge in [-0.15, -0.1) is 10.2 Å². The maximum absolute atomic E-state index is 12.5. The number of anilines is 1. The highest BCUT2D eigenvalue weighted by Gasteiger charge is 2.14. The van der Waals surface area contributed by atoms with Gasteiger partial charge in [-0.2, -0.15) is 0 Å². The third-order valence-corrected chi connectivity index (χ3v) is 5.94. The van der Waals surface area contributed by atoms with Crippen LogP contribution in [0.3, 0.4) is 0 Å². The number of benzene rings is 3. The molecule has 146 valence electrons. The fraction of sp³-hybridized carbons (Fsp3) is 0.0909. The second kappa shape index (κ2) is 7.89. The first kappa shape index (κ1) is 18.9. The largest absolute Gasteiger partial charge is 0.309 e. The van der Waals surface area contributed by atoms with E-state index in [0.29, 0.717) is 12.2 Å². The molecule has 0 bridgehead atoms. The molecule has 0 aliphatic rings. The van der Waals surface area contributed by atoms with E-state index in [4.69, 9.17) is 0 Å². The molecule has 29 heavy (non-hydrogen) atoms. The topological polar surface area (TPSA) is 76.9 Å². The van der Waals surface area contributed by atoms with E-state index in [1.165, 1.54) is 0 Å². The van der Waals surface area contributed by atoms with Crippen molar-refractivity contribution >= 4 is 15.7 Å². The fourth-order valence-electron chi connectivity index (χ4n) is 2.99. The van der Waals surface area contributed by atoms with Gasteiger partial charge in [0.25, 0.3) is 10.0 Å². The van der Waals surface area contributed by atoms with Gasteiger partial charge in [0.1, 0.15) is 6.33 Å². The minimum absolute atomic E-state index is 0.231. The molecule has 0 aliphatic carbocycles. The Kier molecular flexibility index (Phi) is 5.14. The molecule has 4 rings (SSSR count). The molecule has 0 fully saturated rings. The van der Waals surface area contributed by atoms with Crippen LogP contribution in [0.4, 0.5) is 5.69 Å². The Morgan fingerprint density at radius 3 is 2.28 bits per heavy atom. The molecule has 4 aromatic rings. The molecular formula is C22H20N4O2S. The average molecular weight is 404 g/mol. The number of hydrogen-bond donors (Lipinski definition) is 1. The molecule has 1 aromatic heterocycles. The van der Waals surface area contributed by atoms with Crippen LogP contribution in [-0.2, 0) is 16.6 Å². The summed E-state index contributed by atoms with van der Waals surface area (Å²) in [4.78, 5) is 0.231. The van der Waals surface area contributed by atoms with Gasteiger partial charge in [-0.25, -0.2) is 8.42 Å². The maximum atomic E-state index is 12.5. The van der Waals surface area contributed by atoms with Crippen LogP contribution in [0.5, 0.6) is 0 Å². The molecule has 0 spiro atoms. The predicted octanol–water partition coefficient (Wildman–Crippen LogP) is 4.10. The SMILES string of the molecule is Cc1ccc(S(=O)(=O)Nc2ccc(-c3nncn3Cc3ccccc3)cc2)cc1. The maximum Gasteiger partial charge on any atom is 0.261 e. The lowest BCUT2D eigenvalue weighted by Gasteiger charge is -2.10. The summed E-state index contributed by atoms with van der Waals surface area (Å²) in [5.74, 6) is 0.724. The Hall–Kier alpha value is -3.45. The van der Waals surface area contributed by atoms with E-state index in [-0.39, 0.29) is 4.90 Å². The average Bonchev–Trinajstić information content (AvgIpc) is 3.17. The van der Waals surface area contributed by atoms with E-state index in [1.54, 1.807) is 42.7 Å². The van der Waals surface area contributed by atoms with Gasteiger partial charge in [0.15, 0.2) is 5.82 Å². The molecule has 0 radical (unpaired) electrons. The minimum atomic E-state index is -3.63. The van der Waals surface area contributed by atoms with E-state index in [2.05, 4.69) is 14.9 Å². The number of aryl methyl sites for hydroxylation is 1. The molecule has 0 saturated heterocycles. The van der Waals surface area contributed by atoms with E-state index in [9.17, 15) is 8.42 Å². The van der Waals surface area contributed by atoms with Crippen LogP contribution in [0.2, 0.25) is 0 Å². The van der Waals surface area contributed by atoms with E-state index in [0.717, 1.165) is 22.5 Å². The number of sulfonamides is 1. The zero-order chi connectivity index (χ0) is 20.3. The second-order valence-electron chi connectivity index (χ2n) is 6.76. The van der Waals surface area contributed by atoms with Crippen molar-refractivity contribution in [1.29, 1.82) is 0 Å². The lowest BCUT2D eigenvalue weighted by Crippen LogP contribution is -2.12. The van der Waals surface area contributed by atoms with Crippen molar-refractivity contribution < 1.29 is 8.42 Å². The summed E-state index contributed by atoms with van der Waals surface area (Å²) in [6.07, 6.45) is 1.69. The Morgan fingerprint density at radius 1 is 0.897 bits per heavy atom. The van der Waals surface area contributed by atoms with Gasteiger partial charge in [-0.1, -0.05) is 48.0 Å². The molecule has 1 heterocycles. The van der Waals surface area contributed by atoms with Gasteiger partial charge in [0.2, 0.25) is 0 Å². The van der Waals surface area contributed by atoms with E-state index >= 15 is 0 Å². The molecule has 3 aromatic carbocycles. The highest BCUT2D eigenvalue weighted by molar-refractivity contribution is 7.92. The van der Waals surface area contributed by atoms with Gasteiger partial charge >= 0.3 is 0 Å². The normalized spacial score (nSPS) is 11.3. The summed E-state index contributed by atoms with van der Waals surface area (Å²) in [7, 11) is -3.63. The smallest absolute Gasteiger partial charge is 0.261 e. The number of hydrogen-bond acceptors (Lipinski definition) is 4. The number of aromatic nitrogens is 3. The zero-order valence-electron chi connectivity index (χ0n) is 15.9. The fourth-order valence-corrected chi connectivity index (χ4v) is 4.05. The van der Waals surface area contributed by atoms with E-state index < -0.39 is 10.0 Å². The van der Waals surface area contributed by atoms with Crippen LogP contribution >= 0.6 is 0 Å². The summed E-state index contributed by atoms with van der Waals surface area (Å²) in [6, 6.07) is 23.9. The molecule has 0 amide bonds. The quantitative estimate of drug-likeness (QED) is 0.525. The Labute approximate surface area is 169 Å². The van der Waals surface area contributed by atoms with Gasteiger partial charge < -0.3 is 4.57 Å². The summed E-state index contributed by atoms with van der Waals surface area (Å²) in [5, 5.41) is 8.24. The van der Waals surface area contributed by atoms with Crippen molar-refractivity contribution in [1.82, 2.24) is 14.8 Å². The van der Waals surface area contributed by atoms with Gasteiger partial charge in [0.05, 0.1) is 11.4 Å². The van der Waals surface area contributed by atoms with Crippen LogP contribution in [0.15, 0.2) is 90.1 Å². The highest BCUT2D eigenvalue weighted by atomic mass is 32.2. The van der Waals surface area contributed by atoms with Crippen LogP contribution in [0.1, 0.15) is 11.1 Å². The van der Waals surface area contributed by atoms with Crippen LogP contribution < -0.4 is 4.72 Å². The molecule has 7 heteroatoms. The summed E-state index contributed by atoms with van der Waals surface area (Å²) < 4.78 is 29.7. The molecule has 6 nitrogen and oxygen atoms in total.